The van der Waals surface area contributed by atoms with Gasteiger partial charge in [-0.2, -0.15) is 0 Å². The van der Waals surface area contributed by atoms with Crippen LogP contribution in [0.15, 0.2) is 0 Å². The topological polar surface area (TPSA) is 0 Å². The van der Waals surface area contributed by atoms with Gasteiger partial charge in [-0.1, -0.05) is 98.3 Å². The van der Waals surface area contributed by atoms with Crippen LogP contribution in [0.1, 0.15) is 130 Å². The third-order valence-electron chi connectivity index (χ3n) is 5.91. The van der Waals surface area contributed by atoms with Gasteiger partial charge < -0.3 is 4.48 Å². The summed E-state index contributed by atoms with van der Waals surface area (Å²) in [4.78, 5) is 0. The van der Waals surface area contributed by atoms with Crippen LogP contribution in [0.2, 0.25) is 0 Å². The molecule has 0 bridgehead atoms. The second-order valence-electron chi connectivity index (χ2n) is 8.48. The van der Waals surface area contributed by atoms with Gasteiger partial charge in [-0.25, -0.2) is 0 Å². The summed E-state index contributed by atoms with van der Waals surface area (Å²) >= 11 is 0. The van der Waals surface area contributed by atoms with E-state index in [2.05, 4.69) is 27.7 Å². The van der Waals surface area contributed by atoms with E-state index < -0.39 is 0 Å². The Morgan fingerprint density at radius 3 is 1.08 bits per heavy atom. The van der Waals surface area contributed by atoms with Gasteiger partial charge in [0.1, 0.15) is 0 Å². The van der Waals surface area contributed by atoms with E-state index in [-0.39, 0.29) is 0 Å². The standard InChI is InChI=1S/C24H52N/c1-5-9-12-13-14-15-16-17-18-19-20-24-25(21-8-4,22-10-6-2)23-11-7-3/h5-24H2,1-4H3/q+1. The summed E-state index contributed by atoms with van der Waals surface area (Å²) in [7, 11) is 0. The Kier molecular flexibility index (Phi) is 18.7. The molecule has 0 heterocycles. The van der Waals surface area contributed by atoms with Crippen molar-refractivity contribution in [3.8, 4) is 0 Å². The Bertz CT molecular complexity index is 240. The van der Waals surface area contributed by atoms with Crippen LogP contribution in [-0.2, 0) is 0 Å². The van der Waals surface area contributed by atoms with E-state index in [1.807, 2.05) is 0 Å². The first-order chi connectivity index (χ1) is 12.2. The van der Waals surface area contributed by atoms with Crippen molar-refractivity contribution in [3.63, 3.8) is 0 Å². The summed E-state index contributed by atoms with van der Waals surface area (Å²) < 4.78 is 1.43. The Morgan fingerprint density at radius 1 is 0.320 bits per heavy atom. The molecule has 0 aliphatic heterocycles. The maximum atomic E-state index is 2.38. The van der Waals surface area contributed by atoms with Crippen molar-refractivity contribution >= 4 is 0 Å². The zero-order chi connectivity index (χ0) is 18.6. The fourth-order valence-corrected chi connectivity index (χ4v) is 4.24. The maximum Gasteiger partial charge on any atom is 0.0786 e. The van der Waals surface area contributed by atoms with E-state index in [4.69, 9.17) is 0 Å². The molecule has 0 aromatic heterocycles. The van der Waals surface area contributed by atoms with Crippen molar-refractivity contribution in [2.45, 2.75) is 130 Å². The Labute approximate surface area is 161 Å². The first-order valence-corrected chi connectivity index (χ1v) is 12.1. The monoisotopic (exact) mass is 354 g/mol. The van der Waals surface area contributed by atoms with Crippen molar-refractivity contribution in [1.29, 1.82) is 0 Å². The molecule has 1 nitrogen and oxygen atoms in total. The molecule has 0 rings (SSSR count). The van der Waals surface area contributed by atoms with Gasteiger partial charge in [-0.05, 0) is 32.1 Å². The van der Waals surface area contributed by atoms with Crippen LogP contribution < -0.4 is 0 Å². The molecule has 0 saturated heterocycles. The fraction of sp³-hybridized carbons (Fsp3) is 1.00. The van der Waals surface area contributed by atoms with Gasteiger partial charge >= 0.3 is 0 Å². The number of unbranched alkanes of at least 4 members (excludes halogenated alkanes) is 12. The predicted octanol–water partition coefficient (Wildman–Crippen LogP) is 8.12. The normalized spacial score (nSPS) is 12.0. The predicted molar refractivity (Wildman–Crippen MR) is 116 cm³/mol. The number of quaternary nitrogens is 1. The molecule has 0 saturated carbocycles. The van der Waals surface area contributed by atoms with Crippen LogP contribution in [0, 0.1) is 0 Å². The van der Waals surface area contributed by atoms with Crippen molar-refractivity contribution in [3.05, 3.63) is 0 Å². The summed E-state index contributed by atoms with van der Waals surface area (Å²) in [5.74, 6) is 0. The Balaban J connectivity index is 3.84. The van der Waals surface area contributed by atoms with Gasteiger partial charge in [-0.15, -0.1) is 0 Å². The molecule has 0 unspecified atom stereocenters. The minimum absolute atomic E-state index is 1.35. The lowest BCUT2D eigenvalue weighted by Gasteiger charge is -2.39. The number of hydrogen-bond donors (Lipinski definition) is 0. The van der Waals surface area contributed by atoms with Gasteiger partial charge in [-0.3, -0.25) is 0 Å². The average molecular weight is 355 g/mol. The zero-order valence-corrected chi connectivity index (χ0v) is 18.6. The largest absolute Gasteiger partial charge is 0.324 e. The highest BCUT2D eigenvalue weighted by Crippen LogP contribution is 2.17. The molecule has 0 fully saturated rings. The van der Waals surface area contributed by atoms with Gasteiger partial charge in [0.15, 0.2) is 0 Å². The van der Waals surface area contributed by atoms with E-state index in [0.717, 1.165) is 0 Å². The van der Waals surface area contributed by atoms with Gasteiger partial charge in [0.25, 0.3) is 0 Å². The summed E-state index contributed by atoms with van der Waals surface area (Å²) in [5.41, 5.74) is 0. The van der Waals surface area contributed by atoms with Gasteiger partial charge in [0, 0.05) is 0 Å². The summed E-state index contributed by atoms with van der Waals surface area (Å²) in [6, 6.07) is 0. The SMILES string of the molecule is CCCCCCCCCCCCC[N+](CCC)(CCCC)CCCC. The molecule has 1 heteroatoms. The molecule has 0 aliphatic rings. The molecular weight excluding hydrogens is 302 g/mol. The second-order valence-corrected chi connectivity index (χ2v) is 8.48. The molecule has 0 spiro atoms. The lowest BCUT2D eigenvalue weighted by atomic mass is 10.1. The number of rotatable bonds is 20. The first-order valence-electron chi connectivity index (χ1n) is 12.1. The molecule has 0 aliphatic carbocycles. The van der Waals surface area contributed by atoms with Crippen molar-refractivity contribution in [2.24, 2.45) is 0 Å². The average Bonchev–Trinajstić information content (AvgIpc) is 2.63. The van der Waals surface area contributed by atoms with E-state index in [1.165, 1.54) is 133 Å². The molecular formula is C24H52N+. The third-order valence-corrected chi connectivity index (χ3v) is 5.91. The third kappa shape index (κ3) is 14.8. The molecule has 0 aromatic rings. The summed E-state index contributed by atoms with van der Waals surface area (Å²) in [6.45, 7) is 15.1. The molecule has 0 atom stereocenters. The minimum Gasteiger partial charge on any atom is -0.324 e. The Morgan fingerprint density at radius 2 is 0.680 bits per heavy atom. The smallest absolute Gasteiger partial charge is 0.0786 e. The highest BCUT2D eigenvalue weighted by atomic mass is 15.3. The lowest BCUT2D eigenvalue weighted by Crippen LogP contribution is -2.50. The number of nitrogens with zero attached hydrogens (tertiary/aromatic N) is 1. The highest BCUT2D eigenvalue weighted by Gasteiger charge is 2.24. The first kappa shape index (κ1) is 25.0. The highest BCUT2D eigenvalue weighted by molar-refractivity contribution is 4.51. The molecule has 0 N–H and O–H groups in total. The van der Waals surface area contributed by atoms with Crippen molar-refractivity contribution < 1.29 is 4.48 Å². The molecule has 0 aromatic carbocycles. The fourth-order valence-electron chi connectivity index (χ4n) is 4.24. The van der Waals surface area contributed by atoms with Crippen LogP contribution in [0.4, 0.5) is 0 Å². The molecule has 25 heavy (non-hydrogen) atoms. The minimum atomic E-state index is 1.35. The van der Waals surface area contributed by atoms with Crippen LogP contribution in [-0.4, -0.2) is 30.7 Å². The van der Waals surface area contributed by atoms with Crippen LogP contribution in [0.5, 0.6) is 0 Å². The maximum absolute atomic E-state index is 2.38. The van der Waals surface area contributed by atoms with Crippen molar-refractivity contribution in [1.82, 2.24) is 0 Å². The lowest BCUT2D eigenvalue weighted by molar-refractivity contribution is -0.929. The number of hydrogen-bond acceptors (Lipinski definition) is 0. The van der Waals surface area contributed by atoms with E-state index in [9.17, 15) is 0 Å². The summed E-state index contributed by atoms with van der Waals surface area (Å²) in [5, 5.41) is 0. The second kappa shape index (κ2) is 18.7. The van der Waals surface area contributed by atoms with Crippen LogP contribution >= 0.6 is 0 Å². The quantitative estimate of drug-likeness (QED) is 0.153. The van der Waals surface area contributed by atoms with E-state index in [0.29, 0.717) is 0 Å². The van der Waals surface area contributed by atoms with Crippen LogP contribution in [0.3, 0.4) is 0 Å². The van der Waals surface area contributed by atoms with E-state index >= 15 is 0 Å². The molecule has 152 valence electrons. The summed E-state index contributed by atoms with van der Waals surface area (Å²) in [6.07, 6.45) is 23.0. The van der Waals surface area contributed by atoms with E-state index in [1.54, 1.807) is 0 Å². The zero-order valence-electron chi connectivity index (χ0n) is 18.6. The van der Waals surface area contributed by atoms with Crippen LogP contribution in [0.25, 0.3) is 0 Å². The van der Waals surface area contributed by atoms with Crippen molar-refractivity contribution in [2.75, 3.05) is 26.2 Å². The Hall–Kier alpha value is -0.0400. The van der Waals surface area contributed by atoms with Gasteiger partial charge in [0.05, 0.1) is 26.2 Å². The van der Waals surface area contributed by atoms with Gasteiger partial charge in [0.2, 0.25) is 0 Å². The molecule has 0 amide bonds. The molecule has 0 radical (unpaired) electrons.